The van der Waals surface area contributed by atoms with Crippen molar-refractivity contribution >= 4 is 22.5 Å². The van der Waals surface area contributed by atoms with E-state index in [9.17, 15) is 9.59 Å². The average molecular weight is 444 g/mol. The highest BCUT2D eigenvalue weighted by atomic mass is 16.5. The molecule has 2 fully saturated rings. The van der Waals surface area contributed by atoms with Crippen LogP contribution in [0.15, 0.2) is 59.6 Å². The number of benzene rings is 1. The number of fused-ring (bicyclic) bond motifs is 4. The number of ether oxygens (including phenoxy) is 2. The number of ketones is 1. The van der Waals surface area contributed by atoms with Crippen molar-refractivity contribution in [1.29, 1.82) is 0 Å². The van der Waals surface area contributed by atoms with Crippen molar-refractivity contribution in [2.75, 3.05) is 0 Å². The van der Waals surface area contributed by atoms with Crippen LogP contribution in [0, 0.1) is 11.3 Å². The Morgan fingerprint density at radius 3 is 2.94 bits per heavy atom. The normalized spacial score (nSPS) is 33.0. The van der Waals surface area contributed by atoms with E-state index in [1.54, 1.807) is 0 Å². The van der Waals surface area contributed by atoms with Crippen molar-refractivity contribution in [3.63, 3.8) is 0 Å². The predicted octanol–water partition coefficient (Wildman–Crippen LogP) is 5.40. The summed E-state index contributed by atoms with van der Waals surface area (Å²) in [5, 5.41) is 2.27. The van der Waals surface area contributed by atoms with Crippen LogP contribution >= 0.6 is 0 Å². The number of carbonyl (C=O) groups is 2. The van der Waals surface area contributed by atoms with Crippen LogP contribution in [0.1, 0.15) is 63.9 Å². The summed E-state index contributed by atoms with van der Waals surface area (Å²) in [6.07, 6.45) is 10.6. The molecule has 2 heterocycles. The summed E-state index contributed by atoms with van der Waals surface area (Å²) in [6, 6.07) is 8.42. The first-order chi connectivity index (χ1) is 16.0. The summed E-state index contributed by atoms with van der Waals surface area (Å²) in [7, 11) is 0. The number of Topliss-reactive ketones (excluding diaryl/α,β-unsaturated/α-hetero) is 1. The third-order valence-corrected chi connectivity index (χ3v) is 8.47. The standard InChI is InChI=1S/C28H29NO4/c1-16(30)32-25-14-22-27-17(13-21-23(31)7-4-8-24(21)33-27)9-11-28(22,2)26(25)20-6-3-5-18-15-29-12-10-19(18)20/h3,5-6,10,12-13,15,22,25-27H,4,7-9,11,14H2,1-2H3/t22-,25?,26-,27+,28-/m0/s1. The molecule has 0 spiro atoms. The van der Waals surface area contributed by atoms with E-state index < -0.39 is 0 Å². The van der Waals surface area contributed by atoms with Crippen molar-refractivity contribution in [2.45, 2.75) is 70.5 Å². The van der Waals surface area contributed by atoms with Gasteiger partial charge in [0.2, 0.25) is 0 Å². The maximum atomic E-state index is 12.5. The minimum atomic E-state index is -0.239. The Labute approximate surface area is 193 Å². The largest absolute Gasteiger partial charge is 0.489 e. The number of aromatic nitrogens is 1. The van der Waals surface area contributed by atoms with Gasteiger partial charge < -0.3 is 9.47 Å². The fraction of sp³-hybridized carbons (Fsp3) is 0.464. The fourth-order valence-corrected chi connectivity index (χ4v) is 7.01. The average Bonchev–Trinajstić information content (AvgIpc) is 3.09. The number of nitrogens with zero attached hydrogens (tertiary/aromatic N) is 1. The van der Waals surface area contributed by atoms with Crippen LogP contribution < -0.4 is 0 Å². The van der Waals surface area contributed by atoms with Gasteiger partial charge in [-0.15, -0.1) is 0 Å². The van der Waals surface area contributed by atoms with Crippen molar-refractivity contribution in [1.82, 2.24) is 4.98 Å². The number of esters is 1. The second-order valence-corrected chi connectivity index (χ2v) is 10.3. The lowest BCUT2D eigenvalue weighted by molar-refractivity contribution is -0.147. The van der Waals surface area contributed by atoms with Crippen molar-refractivity contribution in [3.05, 3.63) is 65.2 Å². The van der Waals surface area contributed by atoms with E-state index in [-0.39, 0.29) is 41.2 Å². The SMILES string of the molecule is CC(=O)OC1C[C@H]2[C@@H]3OC4=C(C=C3CC[C@]2(C)[C@H]1c1cccc2cnccc12)C(=O)CCC4. The minimum Gasteiger partial charge on any atom is -0.489 e. The van der Waals surface area contributed by atoms with E-state index in [0.717, 1.165) is 48.8 Å². The second-order valence-electron chi connectivity index (χ2n) is 10.3. The molecule has 1 aromatic carbocycles. The van der Waals surface area contributed by atoms with Crippen molar-refractivity contribution in [3.8, 4) is 0 Å². The van der Waals surface area contributed by atoms with Gasteiger partial charge in [-0.3, -0.25) is 14.6 Å². The number of rotatable bonds is 2. The number of carbonyl (C=O) groups excluding carboxylic acids is 2. The molecule has 1 aromatic heterocycles. The Kier molecular flexibility index (Phi) is 4.72. The molecule has 0 amide bonds. The lowest BCUT2D eigenvalue weighted by atomic mass is 9.60. The lowest BCUT2D eigenvalue weighted by Gasteiger charge is -2.47. The number of pyridine rings is 1. The van der Waals surface area contributed by atoms with Crippen LogP contribution in [0.3, 0.4) is 0 Å². The van der Waals surface area contributed by atoms with Gasteiger partial charge in [0, 0.05) is 49.4 Å². The maximum Gasteiger partial charge on any atom is 0.302 e. The van der Waals surface area contributed by atoms with E-state index in [4.69, 9.17) is 9.47 Å². The number of hydrogen-bond acceptors (Lipinski definition) is 5. The molecule has 5 nitrogen and oxygen atoms in total. The molecule has 4 aliphatic rings. The topological polar surface area (TPSA) is 65.5 Å². The Balaban J connectivity index is 1.44. The van der Waals surface area contributed by atoms with E-state index in [1.165, 1.54) is 23.4 Å². The molecule has 0 radical (unpaired) electrons. The Morgan fingerprint density at radius 1 is 1.21 bits per heavy atom. The summed E-state index contributed by atoms with van der Waals surface area (Å²) < 4.78 is 12.6. The molecule has 0 saturated heterocycles. The van der Waals surface area contributed by atoms with E-state index in [1.807, 2.05) is 12.4 Å². The second kappa shape index (κ2) is 7.54. The summed E-state index contributed by atoms with van der Waals surface area (Å²) in [5.74, 6) is 1.13. The first kappa shape index (κ1) is 20.6. The zero-order valence-corrected chi connectivity index (χ0v) is 19.2. The predicted molar refractivity (Wildman–Crippen MR) is 124 cm³/mol. The molecule has 33 heavy (non-hydrogen) atoms. The van der Waals surface area contributed by atoms with E-state index >= 15 is 0 Å². The smallest absolute Gasteiger partial charge is 0.302 e. The molecule has 0 bridgehead atoms. The third-order valence-electron chi connectivity index (χ3n) is 8.47. The molecule has 5 heteroatoms. The van der Waals surface area contributed by atoms with Crippen LogP contribution in [0.2, 0.25) is 0 Å². The fourth-order valence-electron chi connectivity index (χ4n) is 7.01. The summed E-state index contributed by atoms with van der Waals surface area (Å²) >= 11 is 0. The Bertz CT molecular complexity index is 1220. The van der Waals surface area contributed by atoms with Crippen molar-refractivity contribution in [2.24, 2.45) is 11.3 Å². The van der Waals surface area contributed by atoms with Gasteiger partial charge in [0.05, 0.1) is 5.57 Å². The van der Waals surface area contributed by atoms with Gasteiger partial charge >= 0.3 is 5.97 Å². The molecule has 170 valence electrons. The van der Waals surface area contributed by atoms with Crippen molar-refractivity contribution < 1.29 is 19.1 Å². The molecular weight excluding hydrogens is 414 g/mol. The molecule has 1 aliphatic heterocycles. The summed E-state index contributed by atoms with van der Waals surface area (Å²) in [4.78, 5) is 28.9. The van der Waals surface area contributed by atoms with Crippen LogP contribution in [-0.4, -0.2) is 28.9 Å². The molecule has 2 saturated carbocycles. The van der Waals surface area contributed by atoms with Gasteiger partial charge in [0.25, 0.3) is 0 Å². The number of hydrogen-bond donors (Lipinski definition) is 0. The van der Waals surface area contributed by atoms with Gasteiger partial charge in [-0.25, -0.2) is 0 Å². The van der Waals surface area contributed by atoms with Gasteiger partial charge in [0.15, 0.2) is 5.78 Å². The molecule has 0 N–H and O–H groups in total. The van der Waals surface area contributed by atoms with Crippen LogP contribution in [0.25, 0.3) is 10.8 Å². The van der Waals surface area contributed by atoms with Gasteiger partial charge in [0.1, 0.15) is 18.0 Å². The monoisotopic (exact) mass is 443 g/mol. The summed E-state index contributed by atoms with van der Waals surface area (Å²) in [5.41, 5.74) is 3.16. The quantitative estimate of drug-likeness (QED) is 0.581. The molecule has 5 atom stereocenters. The molecule has 6 rings (SSSR count). The third kappa shape index (κ3) is 3.16. The highest BCUT2D eigenvalue weighted by Crippen LogP contribution is 2.63. The van der Waals surface area contributed by atoms with Gasteiger partial charge in [-0.2, -0.15) is 0 Å². The Hall–Kier alpha value is -2.95. The zero-order chi connectivity index (χ0) is 22.7. The molecular formula is C28H29NO4. The maximum absolute atomic E-state index is 12.5. The minimum absolute atomic E-state index is 0.0481. The van der Waals surface area contributed by atoms with Gasteiger partial charge in [-0.05, 0) is 59.8 Å². The van der Waals surface area contributed by atoms with Crippen LogP contribution in [0.4, 0.5) is 0 Å². The number of allylic oxidation sites excluding steroid dienone is 3. The molecule has 2 aromatic rings. The van der Waals surface area contributed by atoms with Crippen LogP contribution in [-0.2, 0) is 19.1 Å². The van der Waals surface area contributed by atoms with E-state index in [0.29, 0.717) is 6.42 Å². The highest BCUT2D eigenvalue weighted by molar-refractivity contribution is 5.99. The zero-order valence-electron chi connectivity index (χ0n) is 19.2. The van der Waals surface area contributed by atoms with Crippen LogP contribution in [0.5, 0.6) is 0 Å². The Morgan fingerprint density at radius 2 is 2.09 bits per heavy atom. The lowest BCUT2D eigenvalue weighted by Crippen LogP contribution is -2.43. The first-order valence-electron chi connectivity index (χ1n) is 12.1. The van der Waals surface area contributed by atoms with Gasteiger partial charge in [-0.1, -0.05) is 25.1 Å². The first-order valence-corrected chi connectivity index (χ1v) is 12.1. The summed E-state index contributed by atoms with van der Waals surface area (Å²) in [6.45, 7) is 3.85. The molecule has 3 aliphatic carbocycles. The molecule has 1 unspecified atom stereocenters. The van der Waals surface area contributed by atoms with E-state index in [2.05, 4.69) is 42.2 Å². The highest BCUT2D eigenvalue weighted by Gasteiger charge is 2.60.